The number of unbranched alkanes of at least 4 members (excludes halogenated alkanes) is 2. The number of rotatable bonds is 4. The van der Waals surface area contributed by atoms with E-state index in [9.17, 15) is 0 Å². The molecule has 1 nitrogen and oxygen atoms in total. The molecule has 0 aromatic heterocycles. The van der Waals surface area contributed by atoms with Crippen molar-refractivity contribution in [2.75, 3.05) is 0 Å². The van der Waals surface area contributed by atoms with Crippen LogP contribution < -0.4 is 0 Å². The van der Waals surface area contributed by atoms with Crippen molar-refractivity contribution in [3.8, 4) is 11.8 Å². The molecule has 0 aliphatic rings. The lowest BCUT2D eigenvalue weighted by Crippen LogP contribution is -2.02. The van der Waals surface area contributed by atoms with Gasteiger partial charge in [-0.05, 0) is 43.0 Å². The van der Waals surface area contributed by atoms with Gasteiger partial charge in [-0.15, -0.1) is 0 Å². The molecule has 108 valence electrons. The van der Waals surface area contributed by atoms with Gasteiger partial charge in [0.15, 0.2) is 0 Å². The van der Waals surface area contributed by atoms with Gasteiger partial charge in [-0.2, -0.15) is 0 Å². The van der Waals surface area contributed by atoms with Crippen molar-refractivity contribution in [2.24, 2.45) is 4.99 Å². The predicted octanol–water partition coefficient (Wildman–Crippen LogP) is 5.23. The Balaban J connectivity index is 2.35. The van der Waals surface area contributed by atoms with Crippen molar-refractivity contribution < 1.29 is 0 Å². The second kappa shape index (κ2) is 7.64. The fraction of sp³-hybridized carbons (Fsp3) is 0.350. The fourth-order valence-electron chi connectivity index (χ4n) is 2.19. The molecule has 2 aromatic carbocycles. The molecule has 0 unspecified atom stereocenters. The summed E-state index contributed by atoms with van der Waals surface area (Å²) in [4.78, 5) is 4.69. The van der Waals surface area contributed by atoms with Crippen molar-refractivity contribution in [2.45, 2.75) is 46.1 Å². The first-order valence-electron chi connectivity index (χ1n) is 7.76. The highest BCUT2D eigenvalue weighted by Gasteiger charge is 2.03. The first kappa shape index (κ1) is 15.3. The number of benzene rings is 2. The maximum atomic E-state index is 4.69. The zero-order valence-corrected chi connectivity index (χ0v) is 13.2. The molecule has 0 amide bonds. The third-order valence-corrected chi connectivity index (χ3v) is 3.27. The molecule has 0 aliphatic heterocycles. The number of nitrogens with zero attached hydrogens (tertiary/aromatic N) is 1. The lowest BCUT2D eigenvalue weighted by molar-refractivity contribution is 0.827. The molecule has 0 radical (unpaired) electrons. The Morgan fingerprint density at radius 3 is 2.57 bits per heavy atom. The maximum Gasteiger partial charge on any atom is 0.115 e. The molecule has 0 heterocycles. The Hall–Kier alpha value is -2.07. The topological polar surface area (TPSA) is 12.4 Å². The molecule has 2 aromatic rings. The van der Waals surface area contributed by atoms with Gasteiger partial charge in [0.05, 0.1) is 0 Å². The molecule has 21 heavy (non-hydrogen) atoms. The Bertz CT molecular complexity index is 684. The minimum Gasteiger partial charge on any atom is -0.273 e. The molecular formula is C20H23N. The van der Waals surface area contributed by atoms with Crippen LogP contribution in [0.3, 0.4) is 0 Å². The van der Waals surface area contributed by atoms with Crippen molar-refractivity contribution in [1.82, 2.24) is 0 Å². The average Bonchev–Trinajstić information content (AvgIpc) is 2.49. The number of hydrogen-bond donors (Lipinski definition) is 0. The Morgan fingerprint density at radius 2 is 1.86 bits per heavy atom. The number of fused-ring (bicyclic) bond motifs is 1. The highest BCUT2D eigenvalue weighted by atomic mass is 14.8. The van der Waals surface area contributed by atoms with Gasteiger partial charge in [-0.25, -0.2) is 0 Å². The van der Waals surface area contributed by atoms with Crippen LogP contribution in [0.1, 0.15) is 45.6 Å². The van der Waals surface area contributed by atoms with Gasteiger partial charge in [0.2, 0.25) is 0 Å². The van der Waals surface area contributed by atoms with E-state index in [-0.39, 0.29) is 6.04 Å². The van der Waals surface area contributed by atoms with E-state index in [0.717, 1.165) is 24.1 Å². The monoisotopic (exact) mass is 277 g/mol. The molecule has 1 heteroatoms. The molecule has 0 saturated carbocycles. The summed E-state index contributed by atoms with van der Waals surface area (Å²) >= 11 is 0. The molecule has 0 fully saturated rings. The second-order valence-corrected chi connectivity index (χ2v) is 5.54. The lowest BCUT2D eigenvalue weighted by Gasteiger charge is -2.05. The van der Waals surface area contributed by atoms with Gasteiger partial charge in [0.1, 0.15) is 5.71 Å². The van der Waals surface area contributed by atoms with Crippen molar-refractivity contribution in [3.05, 3.63) is 48.0 Å². The van der Waals surface area contributed by atoms with Crippen LogP contribution in [0.15, 0.2) is 47.5 Å². The van der Waals surface area contributed by atoms with Gasteiger partial charge < -0.3 is 0 Å². The summed E-state index contributed by atoms with van der Waals surface area (Å²) in [6, 6.07) is 15.1. The van der Waals surface area contributed by atoms with Crippen molar-refractivity contribution in [1.29, 1.82) is 0 Å². The maximum absolute atomic E-state index is 4.69. The summed E-state index contributed by atoms with van der Waals surface area (Å²) in [5, 5.41) is 2.49. The van der Waals surface area contributed by atoms with Crippen LogP contribution in [0.5, 0.6) is 0 Å². The third kappa shape index (κ3) is 4.46. The third-order valence-electron chi connectivity index (χ3n) is 3.27. The van der Waals surface area contributed by atoms with Crippen LogP contribution >= 0.6 is 0 Å². The number of hydrogen-bond acceptors (Lipinski definition) is 1. The average molecular weight is 277 g/mol. The largest absolute Gasteiger partial charge is 0.273 e. The molecule has 0 saturated heterocycles. The van der Waals surface area contributed by atoms with E-state index in [4.69, 9.17) is 4.99 Å². The highest BCUT2D eigenvalue weighted by molar-refractivity contribution is 6.14. The summed E-state index contributed by atoms with van der Waals surface area (Å²) in [5.41, 5.74) is 2.03. The van der Waals surface area contributed by atoms with E-state index in [1.54, 1.807) is 0 Å². The summed E-state index contributed by atoms with van der Waals surface area (Å²) in [7, 11) is 0. The van der Waals surface area contributed by atoms with E-state index < -0.39 is 0 Å². The minimum absolute atomic E-state index is 0.256. The minimum atomic E-state index is 0.256. The van der Waals surface area contributed by atoms with Crippen LogP contribution in [0, 0.1) is 11.8 Å². The molecule has 2 rings (SSSR count). The van der Waals surface area contributed by atoms with Gasteiger partial charge in [-0.3, -0.25) is 4.99 Å². The quantitative estimate of drug-likeness (QED) is 0.412. The van der Waals surface area contributed by atoms with Crippen molar-refractivity contribution >= 4 is 16.5 Å². The van der Waals surface area contributed by atoms with Crippen LogP contribution in [-0.2, 0) is 0 Å². The van der Waals surface area contributed by atoms with Crippen LogP contribution in [-0.4, -0.2) is 11.8 Å². The smallest absolute Gasteiger partial charge is 0.115 e. The zero-order valence-electron chi connectivity index (χ0n) is 13.2. The second-order valence-electron chi connectivity index (χ2n) is 5.54. The Labute approximate surface area is 128 Å². The predicted molar refractivity (Wildman–Crippen MR) is 92.9 cm³/mol. The van der Waals surface area contributed by atoms with Crippen molar-refractivity contribution in [3.63, 3.8) is 0 Å². The molecule has 0 N–H and O–H groups in total. The molecular weight excluding hydrogens is 254 g/mol. The van der Waals surface area contributed by atoms with E-state index in [0.29, 0.717) is 0 Å². The van der Waals surface area contributed by atoms with E-state index >= 15 is 0 Å². The Kier molecular flexibility index (Phi) is 5.58. The Morgan fingerprint density at radius 1 is 1.10 bits per heavy atom. The van der Waals surface area contributed by atoms with Crippen LogP contribution in [0.25, 0.3) is 10.8 Å². The molecule has 0 bridgehead atoms. The van der Waals surface area contributed by atoms with Crippen LogP contribution in [0.4, 0.5) is 0 Å². The molecule has 0 spiro atoms. The fourth-order valence-corrected chi connectivity index (χ4v) is 2.19. The first-order valence-corrected chi connectivity index (χ1v) is 7.76. The summed E-state index contributed by atoms with van der Waals surface area (Å²) in [6.45, 7) is 6.37. The standard InChI is InChI=1S/C20H23N/c1-4-5-6-7-12-20(21-16(2)3)19-14-13-17-10-8-9-11-18(17)15-19/h8-11,13-16H,4-6H2,1-3H3. The highest BCUT2D eigenvalue weighted by Crippen LogP contribution is 2.16. The van der Waals surface area contributed by atoms with Gasteiger partial charge in [-0.1, -0.05) is 55.7 Å². The van der Waals surface area contributed by atoms with Gasteiger partial charge in [0, 0.05) is 18.0 Å². The number of aliphatic imine (C=N–C) groups is 1. The van der Waals surface area contributed by atoms with E-state index in [1.165, 1.54) is 17.2 Å². The summed E-state index contributed by atoms with van der Waals surface area (Å²) in [6.07, 6.45) is 3.28. The zero-order chi connectivity index (χ0) is 15.1. The van der Waals surface area contributed by atoms with E-state index in [1.807, 2.05) is 0 Å². The van der Waals surface area contributed by atoms with Crippen LogP contribution in [0.2, 0.25) is 0 Å². The molecule has 0 atom stereocenters. The molecule has 0 aliphatic carbocycles. The summed E-state index contributed by atoms with van der Waals surface area (Å²) < 4.78 is 0. The lowest BCUT2D eigenvalue weighted by atomic mass is 10.0. The first-order chi connectivity index (χ1) is 10.2. The summed E-state index contributed by atoms with van der Waals surface area (Å²) in [5.74, 6) is 6.52. The van der Waals surface area contributed by atoms with E-state index in [2.05, 4.69) is 75.1 Å². The normalized spacial score (nSPS) is 11.5. The van der Waals surface area contributed by atoms with Gasteiger partial charge >= 0.3 is 0 Å². The SMILES string of the molecule is CCCCC#CC(=NC(C)C)c1ccc2ccccc2c1. The van der Waals surface area contributed by atoms with Gasteiger partial charge in [0.25, 0.3) is 0 Å².